The van der Waals surface area contributed by atoms with Crippen LogP contribution < -0.4 is 4.72 Å². The lowest BCUT2D eigenvalue weighted by molar-refractivity contribution is -0.143. The number of ether oxygens (including phenoxy) is 1. The minimum atomic E-state index is -4.01. The van der Waals surface area contributed by atoms with Gasteiger partial charge < -0.3 is 4.74 Å². The average Bonchev–Trinajstić information content (AvgIpc) is 3.20. The van der Waals surface area contributed by atoms with Crippen molar-refractivity contribution in [3.05, 3.63) is 24.3 Å². The Morgan fingerprint density at radius 1 is 1.11 bits per heavy atom. The monoisotopic (exact) mass is 418 g/mol. The van der Waals surface area contributed by atoms with Crippen molar-refractivity contribution < 1.29 is 26.4 Å². The first-order valence-electron chi connectivity index (χ1n) is 8.84. The van der Waals surface area contributed by atoms with Crippen molar-refractivity contribution in [2.45, 2.75) is 48.9 Å². The van der Waals surface area contributed by atoms with Crippen LogP contribution in [-0.4, -0.2) is 53.4 Å². The Balaban J connectivity index is 2.25. The van der Waals surface area contributed by atoms with E-state index >= 15 is 0 Å². The van der Waals surface area contributed by atoms with Gasteiger partial charge in [0.2, 0.25) is 20.0 Å². The molecule has 1 saturated heterocycles. The Hall–Kier alpha value is -1.49. The number of benzene rings is 1. The molecule has 0 bridgehead atoms. The molecular weight excluding hydrogens is 392 g/mol. The molecule has 1 N–H and O–H groups in total. The molecule has 1 aliphatic heterocycles. The topological polar surface area (TPSA) is 110 Å². The van der Waals surface area contributed by atoms with E-state index in [4.69, 9.17) is 0 Å². The first-order chi connectivity index (χ1) is 12.6. The van der Waals surface area contributed by atoms with Crippen LogP contribution >= 0.6 is 0 Å². The minimum absolute atomic E-state index is 0.0507. The van der Waals surface area contributed by atoms with Gasteiger partial charge in [-0.15, -0.1) is 0 Å². The van der Waals surface area contributed by atoms with E-state index in [-0.39, 0.29) is 15.7 Å². The number of rotatable bonds is 8. The number of sulfonamides is 2. The third-order valence-corrected chi connectivity index (χ3v) is 8.16. The maximum Gasteiger partial charge on any atom is 0.324 e. The average molecular weight is 419 g/mol. The first-order valence-corrected chi connectivity index (χ1v) is 11.8. The highest BCUT2D eigenvalue weighted by molar-refractivity contribution is 7.89. The molecule has 2 rings (SSSR count). The summed E-state index contributed by atoms with van der Waals surface area (Å²) in [6.07, 6.45) is 2.22. The fraction of sp³-hybridized carbons (Fsp3) is 0.588. The fourth-order valence-corrected chi connectivity index (χ4v) is 5.67. The molecule has 0 saturated carbocycles. The Labute approximate surface area is 161 Å². The Bertz CT molecular complexity index is 859. The van der Waals surface area contributed by atoms with Gasteiger partial charge in [-0.25, -0.2) is 16.8 Å². The Morgan fingerprint density at radius 3 is 2.11 bits per heavy atom. The van der Waals surface area contributed by atoms with Crippen LogP contribution in [-0.2, 0) is 29.6 Å². The molecule has 1 heterocycles. The summed E-state index contributed by atoms with van der Waals surface area (Å²) >= 11 is 0. The molecule has 10 heteroatoms. The minimum Gasteiger partial charge on any atom is -0.468 e. The quantitative estimate of drug-likeness (QED) is 0.638. The van der Waals surface area contributed by atoms with E-state index in [2.05, 4.69) is 9.46 Å². The lowest BCUT2D eigenvalue weighted by Gasteiger charge is -2.22. The van der Waals surface area contributed by atoms with E-state index in [1.54, 1.807) is 6.92 Å². The molecule has 1 aromatic carbocycles. The van der Waals surface area contributed by atoms with Gasteiger partial charge >= 0.3 is 5.97 Å². The van der Waals surface area contributed by atoms with Crippen LogP contribution in [0.2, 0.25) is 0 Å². The van der Waals surface area contributed by atoms with Crippen molar-refractivity contribution in [1.82, 2.24) is 9.03 Å². The zero-order chi connectivity index (χ0) is 20.2. The van der Waals surface area contributed by atoms with Gasteiger partial charge in [0.15, 0.2) is 0 Å². The maximum absolute atomic E-state index is 12.6. The van der Waals surface area contributed by atoms with Gasteiger partial charge in [-0.2, -0.15) is 9.03 Å². The molecule has 0 radical (unpaired) electrons. The standard InChI is InChI=1S/C17H26N2O6S2/c1-4-13(2)16(17(20)25-3)18-26(21,22)14-7-9-15(10-8-14)27(23,24)19-11-5-6-12-19/h7-10,13,16,18H,4-6,11-12H2,1-3H3/t13-,16-/m1/s1. The van der Waals surface area contributed by atoms with Crippen molar-refractivity contribution in [3.8, 4) is 0 Å². The fourth-order valence-electron chi connectivity index (χ4n) is 2.86. The second-order valence-electron chi connectivity index (χ2n) is 6.59. The van der Waals surface area contributed by atoms with Crippen molar-refractivity contribution in [1.29, 1.82) is 0 Å². The van der Waals surface area contributed by atoms with Crippen LogP contribution in [0.25, 0.3) is 0 Å². The zero-order valence-corrected chi connectivity index (χ0v) is 17.3. The summed E-state index contributed by atoms with van der Waals surface area (Å²) < 4.78 is 58.7. The SMILES string of the molecule is CC[C@@H](C)[C@@H](NS(=O)(=O)c1ccc(S(=O)(=O)N2CCCC2)cc1)C(=O)OC. The van der Waals surface area contributed by atoms with Gasteiger partial charge in [0.1, 0.15) is 6.04 Å². The molecule has 27 heavy (non-hydrogen) atoms. The zero-order valence-electron chi connectivity index (χ0n) is 15.7. The van der Waals surface area contributed by atoms with E-state index in [1.165, 1.54) is 35.7 Å². The molecule has 8 nitrogen and oxygen atoms in total. The third-order valence-electron chi connectivity index (χ3n) is 4.79. The molecule has 0 amide bonds. The number of nitrogens with one attached hydrogen (secondary N) is 1. The Kier molecular flexibility index (Phi) is 7.01. The second kappa shape index (κ2) is 8.68. The van der Waals surface area contributed by atoms with Crippen molar-refractivity contribution in [2.75, 3.05) is 20.2 Å². The molecule has 152 valence electrons. The molecule has 1 aromatic rings. The first kappa shape index (κ1) is 21.8. The molecular formula is C17H26N2O6S2. The van der Waals surface area contributed by atoms with E-state index < -0.39 is 32.1 Å². The van der Waals surface area contributed by atoms with Gasteiger partial charge in [0.05, 0.1) is 16.9 Å². The lowest BCUT2D eigenvalue weighted by atomic mass is 10.0. The molecule has 1 fully saturated rings. The molecule has 0 unspecified atom stereocenters. The summed E-state index contributed by atoms with van der Waals surface area (Å²) in [5.74, 6) is -0.928. The molecule has 0 aromatic heterocycles. The molecule has 1 aliphatic rings. The van der Waals surface area contributed by atoms with Crippen molar-refractivity contribution >= 4 is 26.0 Å². The van der Waals surface area contributed by atoms with E-state index in [0.717, 1.165) is 12.8 Å². The number of carbonyl (C=O) groups excluding carboxylic acids is 1. The van der Waals surface area contributed by atoms with Gasteiger partial charge in [0.25, 0.3) is 0 Å². The highest BCUT2D eigenvalue weighted by Gasteiger charge is 2.31. The van der Waals surface area contributed by atoms with Crippen LogP contribution in [0, 0.1) is 5.92 Å². The molecule has 0 aliphatic carbocycles. The number of hydrogen-bond donors (Lipinski definition) is 1. The van der Waals surface area contributed by atoms with Crippen LogP contribution in [0.3, 0.4) is 0 Å². The Morgan fingerprint density at radius 2 is 1.63 bits per heavy atom. The third kappa shape index (κ3) is 4.87. The number of esters is 1. The smallest absolute Gasteiger partial charge is 0.324 e. The van der Waals surface area contributed by atoms with Crippen LogP contribution in [0.1, 0.15) is 33.1 Å². The largest absolute Gasteiger partial charge is 0.468 e. The predicted molar refractivity (Wildman–Crippen MR) is 100 cm³/mol. The van der Waals surface area contributed by atoms with E-state index in [1.807, 2.05) is 6.92 Å². The second-order valence-corrected chi connectivity index (χ2v) is 10.2. The lowest BCUT2D eigenvalue weighted by Crippen LogP contribution is -2.45. The van der Waals surface area contributed by atoms with E-state index in [9.17, 15) is 21.6 Å². The predicted octanol–water partition coefficient (Wildman–Crippen LogP) is 1.34. The van der Waals surface area contributed by atoms with Gasteiger partial charge in [-0.05, 0) is 43.0 Å². The summed E-state index contributed by atoms with van der Waals surface area (Å²) in [4.78, 5) is 11.9. The summed E-state index contributed by atoms with van der Waals surface area (Å²) in [5.41, 5.74) is 0. The van der Waals surface area contributed by atoms with Gasteiger partial charge in [0, 0.05) is 13.1 Å². The van der Waals surface area contributed by atoms with Crippen LogP contribution in [0.5, 0.6) is 0 Å². The summed E-state index contributed by atoms with van der Waals surface area (Å²) in [6.45, 7) is 4.53. The van der Waals surface area contributed by atoms with Crippen LogP contribution in [0.4, 0.5) is 0 Å². The molecule has 2 atom stereocenters. The summed E-state index contributed by atoms with van der Waals surface area (Å²) in [6, 6.07) is 4.00. The van der Waals surface area contributed by atoms with Crippen molar-refractivity contribution in [2.24, 2.45) is 5.92 Å². The van der Waals surface area contributed by atoms with E-state index in [0.29, 0.717) is 19.5 Å². The number of hydrogen-bond acceptors (Lipinski definition) is 6. The summed E-state index contributed by atoms with van der Waals surface area (Å²) in [7, 11) is -6.43. The normalized spacial score (nSPS) is 18.2. The van der Waals surface area contributed by atoms with Gasteiger partial charge in [-0.1, -0.05) is 20.3 Å². The van der Waals surface area contributed by atoms with Gasteiger partial charge in [-0.3, -0.25) is 4.79 Å². The van der Waals surface area contributed by atoms with Crippen LogP contribution in [0.15, 0.2) is 34.1 Å². The molecule has 0 spiro atoms. The van der Waals surface area contributed by atoms with Crippen molar-refractivity contribution in [3.63, 3.8) is 0 Å². The number of nitrogens with zero attached hydrogens (tertiary/aromatic N) is 1. The number of carbonyl (C=O) groups is 1. The maximum atomic E-state index is 12.6. The number of methoxy groups -OCH3 is 1. The highest BCUT2D eigenvalue weighted by atomic mass is 32.2. The highest BCUT2D eigenvalue weighted by Crippen LogP contribution is 2.22. The summed E-state index contributed by atoms with van der Waals surface area (Å²) in [5, 5.41) is 0.